The quantitative estimate of drug-likeness (QED) is 0.377. The highest BCUT2D eigenvalue weighted by Gasteiger charge is 2.32. The van der Waals surface area contributed by atoms with Crippen molar-refractivity contribution >= 4 is 35.0 Å². The van der Waals surface area contributed by atoms with Crippen molar-refractivity contribution in [2.24, 2.45) is 4.99 Å². The van der Waals surface area contributed by atoms with E-state index < -0.39 is 12.0 Å². The van der Waals surface area contributed by atoms with E-state index in [0.29, 0.717) is 37.6 Å². The minimum absolute atomic E-state index is 0.269. The number of nitrogens with one attached hydrogen (secondary N) is 1. The van der Waals surface area contributed by atoms with Gasteiger partial charge >= 0.3 is 5.97 Å². The van der Waals surface area contributed by atoms with E-state index in [2.05, 4.69) is 10.3 Å². The van der Waals surface area contributed by atoms with Crippen LogP contribution in [-0.2, 0) is 9.53 Å². The standard InChI is InChI=1S/C30H25N3O5S/c1-18-25(27(34)32-22-7-5-4-6-8-22)26(20-13-15-23(37-2)16-14-20)33-28(35)24(39-30(33)31-18)17-19-9-11-21(12-10-19)29(36)38-3/h4-17,26H,1-3H3,(H,32,34)/b24-17+/t26-/m1/s1. The molecule has 4 aromatic rings. The fourth-order valence-electron chi connectivity index (χ4n) is 4.42. The Morgan fingerprint density at radius 3 is 2.31 bits per heavy atom. The number of methoxy groups -OCH3 is 2. The predicted molar refractivity (Wildman–Crippen MR) is 150 cm³/mol. The molecule has 0 saturated carbocycles. The molecule has 1 aliphatic rings. The molecular weight excluding hydrogens is 514 g/mol. The number of allylic oxidation sites excluding steroid dienone is 1. The first-order valence-corrected chi connectivity index (χ1v) is 12.9. The summed E-state index contributed by atoms with van der Waals surface area (Å²) in [4.78, 5) is 44.3. The first-order chi connectivity index (χ1) is 18.9. The number of carbonyl (C=O) groups is 2. The summed E-state index contributed by atoms with van der Waals surface area (Å²) < 4.78 is 12.1. The maximum absolute atomic E-state index is 13.8. The van der Waals surface area contributed by atoms with Crippen LogP contribution < -0.4 is 24.9 Å². The number of hydrogen-bond donors (Lipinski definition) is 1. The highest BCUT2D eigenvalue weighted by Crippen LogP contribution is 2.31. The van der Waals surface area contributed by atoms with Gasteiger partial charge < -0.3 is 14.8 Å². The van der Waals surface area contributed by atoms with Crippen molar-refractivity contribution in [2.75, 3.05) is 19.5 Å². The lowest BCUT2D eigenvalue weighted by Gasteiger charge is -2.25. The molecule has 0 unspecified atom stereocenters. The molecule has 1 N–H and O–H groups in total. The number of carbonyl (C=O) groups excluding carboxylic acids is 2. The van der Waals surface area contributed by atoms with Crippen molar-refractivity contribution in [3.05, 3.63) is 127 Å². The normalized spacial score (nSPS) is 14.8. The number of anilines is 1. The van der Waals surface area contributed by atoms with E-state index in [1.165, 1.54) is 18.4 Å². The van der Waals surface area contributed by atoms with E-state index in [1.807, 2.05) is 30.3 Å². The summed E-state index contributed by atoms with van der Waals surface area (Å²) in [5.41, 5.74) is 3.19. The molecule has 0 radical (unpaired) electrons. The molecule has 8 nitrogen and oxygen atoms in total. The van der Waals surface area contributed by atoms with Gasteiger partial charge in [0.1, 0.15) is 5.75 Å². The molecule has 1 aromatic heterocycles. The van der Waals surface area contributed by atoms with E-state index in [-0.39, 0.29) is 11.5 Å². The van der Waals surface area contributed by atoms with Gasteiger partial charge in [0.25, 0.3) is 11.5 Å². The molecule has 5 rings (SSSR count). The number of esters is 1. The van der Waals surface area contributed by atoms with Gasteiger partial charge in [-0.1, -0.05) is 53.8 Å². The molecule has 1 aliphatic heterocycles. The van der Waals surface area contributed by atoms with E-state index in [4.69, 9.17) is 9.47 Å². The van der Waals surface area contributed by atoms with E-state index >= 15 is 0 Å². The summed E-state index contributed by atoms with van der Waals surface area (Å²) in [5, 5.41) is 2.94. The van der Waals surface area contributed by atoms with E-state index in [9.17, 15) is 14.4 Å². The molecule has 3 aromatic carbocycles. The lowest BCUT2D eigenvalue weighted by Crippen LogP contribution is -2.40. The van der Waals surface area contributed by atoms with Crippen LogP contribution in [0.1, 0.15) is 34.5 Å². The number of rotatable bonds is 6. The molecule has 1 amide bonds. The number of thiazole rings is 1. The van der Waals surface area contributed by atoms with E-state index in [0.717, 1.165) is 11.1 Å². The highest BCUT2D eigenvalue weighted by atomic mass is 32.1. The molecule has 0 fully saturated rings. The third kappa shape index (κ3) is 5.17. The molecule has 9 heteroatoms. The van der Waals surface area contributed by atoms with Crippen LogP contribution in [0.25, 0.3) is 6.08 Å². The molecule has 0 saturated heterocycles. The molecule has 196 valence electrons. The van der Waals surface area contributed by atoms with Crippen LogP contribution in [-0.4, -0.2) is 30.7 Å². The molecule has 39 heavy (non-hydrogen) atoms. The Hall–Kier alpha value is -4.76. The van der Waals surface area contributed by atoms with Crippen molar-refractivity contribution < 1.29 is 19.1 Å². The summed E-state index contributed by atoms with van der Waals surface area (Å²) in [6, 6.07) is 22.5. The smallest absolute Gasteiger partial charge is 0.337 e. The fraction of sp³-hybridized carbons (Fsp3) is 0.133. The second kappa shape index (κ2) is 10.9. The Labute approximate surface area is 228 Å². The number of aromatic nitrogens is 1. The van der Waals surface area contributed by atoms with Gasteiger partial charge in [-0.25, -0.2) is 9.79 Å². The maximum atomic E-state index is 13.8. The second-order valence-electron chi connectivity index (χ2n) is 8.79. The van der Waals surface area contributed by atoms with Crippen LogP contribution in [0.5, 0.6) is 5.75 Å². The first-order valence-electron chi connectivity index (χ1n) is 12.1. The molecular formula is C30H25N3O5S. The number of hydrogen-bond acceptors (Lipinski definition) is 7. The average Bonchev–Trinajstić information content (AvgIpc) is 3.26. The van der Waals surface area contributed by atoms with Gasteiger partial charge in [-0.3, -0.25) is 14.2 Å². The first kappa shape index (κ1) is 25.9. The summed E-state index contributed by atoms with van der Waals surface area (Å²) in [7, 11) is 2.91. The van der Waals surface area contributed by atoms with Gasteiger partial charge in [0.15, 0.2) is 4.80 Å². The molecule has 0 spiro atoms. The lowest BCUT2D eigenvalue weighted by atomic mass is 9.95. The Balaban J connectivity index is 1.62. The third-order valence-electron chi connectivity index (χ3n) is 6.36. The van der Waals surface area contributed by atoms with Gasteiger partial charge in [-0.05, 0) is 60.5 Å². The van der Waals surface area contributed by atoms with Crippen LogP contribution in [0.3, 0.4) is 0 Å². The molecule has 1 atom stereocenters. The van der Waals surface area contributed by atoms with Crippen molar-refractivity contribution in [2.45, 2.75) is 13.0 Å². The highest BCUT2D eigenvalue weighted by molar-refractivity contribution is 7.07. The van der Waals surface area contributed by atoms with Crippen LogP contribution in [0.2, 0.25) is 0 Å². The van der Waals surface area contributed by atoms with Crippen molar-refractivity contribution in [3.8, 4) is 5.75 Å². The maximum Gasteiger partial charge on any atom is 0.337 e. The SMILES string of the molecule is COC(=O)c1ccc(/C=c2/sc3n(c2=O)[C@H](c2ccc(OC)cc2)C(C(=O)Nc2ccccc2)=C(C)N=3)cc1. The van der Waals surface area contributed by atoms with Crippen molar-refractivity contribution in [3.63, 3.8) is 0 Å². The Morgan fingerprint density at radius 1 is 0.974 bits per heavy atom. The number of amides is 1. The predicted octanol–water partition coefficient (Wildman–Crippen LogP) is 3.67. The zero-order valence-electron chi connectivity index (χ0n) is 21.5. The van der Waals surface area contributed by atoms with E-state index in [1.54, 1.807) is 73.2 Å². The Morgan fingerprint density at radius 2 is 1.67 bits per heavy atom. The fourth-order valence-corrected chi connectivity index (χ4v) is 5.46. The summed E-state index contributed by atoms with van der Waals surface area (Å²) in [6.07, 6.45) is 1.75. The number of benzene rings is 3. The number of para-hydroxylation sites is 1. The largest absolute Gasteiger partial charge is 0.497 e. The molecule has 0 aliphatic carbocycles. The Kier molecular flexibility index (Phi) is 7.25. The Bertz CT molecular complexity index is 1750. The second-order valence-corrected chi connectivity index (χ2v) is 9.80. The third-order valence-corrected chi connectivity index (χ3v) is 7.34. The zero-order valence-corrected chi connectivity index (χ0v) is 22.3. The number of fused-ring (bicyclic) bond motifs is 1. The van der Waals surface area contributed by atoms with Gasteiger partial charge in [-0.15, -0.1) is 0 Å². The van der Waals surface area contributed by atoms with Crippen LogP contribution in [0.4, 0.5) is 5.69 Å². The van der Waals surface area contributed by atoms with Crippen LogP contribution in [0, 0.1) is 0 Å². The van der Waals surface area contributed by atoms with Gasteiger partial charge in [0, 0.05) is 5.69 Å². The van der Waals surface area contributed by atoms with Gasteiger partial charge in [0.05, 0.1) is 41.6 Å². The summed E-state index contributed by atoms with van der Waals surface area (Å²) in [6.45, 7) is 1.78. The zero-order chi connectivity index (χ0) is 27.5. The molecule has 0 bridgehead atoms. The molecule has 2 heterocycles. The summed E-state index contributed by atoms with van der Waals surface area (Å²) >= 11 is 1.25. The van der Waals surface area contributed by atoms with Crippen molar-refractivity contribution in [1.82, 2.24) is 4.57 Å². The topological polar surface area (TPSA) is 99.0 Å². The van der Waals surface area contributed by atoms with Crippen LogP contribution >= 0.6 is 11.3 Å². The monoisotopic (exact) mass is 539 g/mol. The lowest BCUT2D eigenvalue weighted by molar-refractivity contribution is -0.113. The van der Waals surface area contributed by atoms with Gasteiger partial charge in [0.2, 0.25) is 0 Å². The average molecular weight is 540 g/mol. The number of ether oxygens (including phenoxy) is 2. The van der Waals surface area contributed by atoms with Gasteiger partial charge in [-0.2, -0.15) is 0 Å². The number of nitrogens with zero attached hydrogens (tertiary/aromatic N) is 2. The van der Waals surface area contributed by atoms with Crippen LogP contribution in [0.15, 0.2) is 99.9 Å². The minimum atomic E-state index is -0.695. The summed E-state index contributed by atoms with van der Waals surface area (Å²) in [5.74, 6) is -0.106. The van der Waals surface area contributed by atoms with Crippen molar-refractivity contribution in [1.29, 1.82) is 0 Å². The minimum Gasteiger partial charge on any atom is -0.497 e.